The average molecular weight is 537 g/mol. The fourth-order valence-corrected chi connectivity index (χ4v) is 5.93. The summed E-state index contributed by atoms with van der Waals surface area (Å²) < 4.78 is 0. The molecule has 0 unspecified atom stereocenters. The highest BCUT2D eigenvalue weighted by molar-refractivity contribution is 7.99. The van der Waals surface area contributed by atoms with Gasteiger partial charge in [0.2, 0.25) is 0 Å². The molecule has 2 heterocycles. The molecule has 3 nitrogen and oxygen atoms in total. The van der Waals surface area contributed by atoms with E-state index in [4.69, 9.17) is 4.98 Å². The monoisotopic (exact) mass is 536 g/mol. The summed E-state index contributed by atoms with van der Waals surface area (Å²) in [4.78, 5) is 10.7. The number of hydrogen-bond donors (Lipinski definition) is 1. The van der Waals surface area contributed by atoms with Gasteiger partial charge in [-0.3, -0.25) is 0 Å². The van der Waals surface area contributed by atoms with Gasteiger partial charge in [0.1, 0.15) is 10.8 Å². The Labute approximate surface area is 239 Å². The summed E-state index contributed by atoms with van der Waals surface area (Å²) in [6.07, 6.45) is 1.82. The smallest absolute Gasteiger partial charge is 0.124 e. The molecule has 0 aliphatic carbocycles. The number of para-hydroxylation sites is 1. The Balaban J connectivity index is 1.58. The quantitative estimate of drug-likeness (QED) is 0.230. The predicted octanol–water partition coefficient (Wildman–Crippen LogP) is 9.62. The standard InChI is InChI=1S/C36H28N2OS/c1-24-11-10-12-25(2)36(24)29-22-32(38-33(23-29)31-15-6-7-16-34(31)39)28-19-27(26-13-4-3-5-14-26)20-30(21-28)40-35-17-8-9-18-37-35/h3-23,39H,1-2H3. The minimum absolute atomic E-state index is 0.212. The van der Waals surface area contributed by atoms with Crippen LogP contribution in [0.1, 0.15) is 11.1 Å². The number of phenols is 1. The van der Waals surface area contributed by atoms with Crippen LogP contribution in [-0.4, -0.2) is 15.1 Å². The molecule has 6 rings (SSSR count). The van der Waals surface area contributed by atoms with Crippen molar-refractivity contribution >= 4 is 11.8 Å². The first-order chi connectivity index (χ1) is 19.5. The van der Waals surface area contributed by atoms with E-state index < -0.39 is 0 Å². The Hall–Kier alpha value is -4.67. The van der Waals surface area contributed by atoms with Gasteiger partial charge < -0.3 is 5.11 Å². The number of rotatable bonds is 6. The van der Waals surface area contributed by atoms with Crippen molar-refractivity contribution < 1.29 is 5.11 Å². The van der Waals surface area contributed by atoms with E-state index in [0.29, 0.717) is 5.56 Å². The van der Waals surface area contributed by atoms with Crippen molar-refractivity contribution in [2.24, 2.45) is 0 Å². The molecular weight excluding hydrogens is 508 g/mol. The molecule has 1 N–H and O–H groups in total. The van der Waals surface area contributed by atoms with E-state index in [1.165, 1.54) is 16.7 Å². The number of aryl methyl sites for hydroxylation is 2. The Bertz CT molecular complexity index is 1780. The third-order valence-corrected chi connectivity index (χ3v) is 7.87. The van der Waals surface area contributed by atoms with Crippen LogP contribution in [-0.2, 0) is 0 Å². The van der Waals surface area contributed by atoms with E-state index in [-0.39, 0.29) is 5.75 Å². The molecule has 4 aromatic carbocycles. The second-order valence-corrected chi connectivity index (χ2v) is 10.9. The first-order valence-corrected chi connectivity index (χ1v) is 14.0. The van der Waals surface area contributed by atoms with Gasteiger partial charge in [-0.05, 0) is 102 Å². The summed E-state index contributed by atoms with van der Waals surface area (Å²) in [7, 11) is 0. The predicted molar refractivity (Wildman–Crippen MR) is 165 cm³/mol. The van der Waals surface area contributed by atoms with E-state index in [1.807, 2.05) is 48.7 Å². The van der Waals surface area contributed by atoms with Gasteiger partial charge >= 0.3 is 0 Å². The van der Waals surface area contributed by atoms with Gasteiger partial charge in [0.05, 0.1) is 11.4 Å². The lowest BCUT2D eigenvalue weighted by molar-refractivity contribution is 0.477. The molecule has 0 spiro atoms. The maximum Gasteiger partial charge on any atom is 0.124 e. The molecule has 0 saturated heterocycles. The van der Waals surface area contributed by atoms with Crippen LogP contribution < -0.4 is 0 Å². The highest BCUT2D eigenvalue weighted by Crippen LogP contribution is 2.39. The molecule has 194 valence electrons. The fraction of sp³-hybridized carbons (Fsp3) is 0.0556. The summed E-state index contributed by atoms with van der Waals surface area (Å²) in [5.41, 5.74) is 10.2. The first kappa shape index (κ1) is 25.6. The maximum atomic E-state index is 10.7. The van der Waals surface area contributed by atoms with Crippen molar-refractivity contribution in [1.82, 2.24) is 9.97 Å². The van der Waals surface area contributed by atoms with Gasteiger partial charge in [0, 0.05) is 22.2 Å². The van der Waals surface area contributed by atoms with Gasteiger partial charge in [-0.25, -0.2) is 9.97 Å². The topological polar surface area (TPSA) is 46.0 Å². The summed E-state index contributed by atoms with van der Waals surface area (Å²) in [6.45, 7) is 4.28. The highest BCUT2D eigenvalue weighted by atomic mass is 32.2. The Kier molecular flexibility index (Phi) is 7.17. The summed E-state index contributed by atoms with van der Waals surface area (Å²) in [5, 5.41) is 11.7. The molecule has 0 bridgehead atoms. The lowest BCUT2D eigenvalue weighted by atomic mass is 9.93. The summed E-state index contributed by atoms with van der Waals surface area (Å²) in [5.74, 6) is 0.212. The van der Waals surface area contributed by atoms with E-state index in [2.05, 4.69) is 91.6 Å². The van der Waals surface area contributed by atoms with Gasteiger partial charge in [0.15, 0.2) is 0 Å². The molecular formula is C36H28N2OS. The van der Waals surface area contributed by atoms with Crippen LogP contribution in [0.25, 0.3) is 44.8 Å². The van der Waals surface area contributed by atoms with Crippen molar-refractivity contribution in [1.29, 1.82) is 0 Å². The van der Waals surface area contributed by atoms with Crippen LogP contribution in [0.5, 0.6) is 5.75 Å². The first-order valence-electron chi connectivity index (χ1n) is 13.2. The Morgan fingerprint density at radius 1 is 0.575 bits per heavy atom. The highest BCUT2D eigenvalue weighted by Gasteiger charge is 2.15. The van der Waals surface area contributed by atoms with Gasteiger partial charge in [-0.15, -0.1) is 0 Å². The molecule has 6 aromatic rings. The molecule has 0 radical (unpaired) electrons. The lowest BCUT2D eigenvalue weighted by Gasteiger charge is -2.16. The van der Waals surface area contributed by atoms with Crippen molar-refractivity contribution in [3.05, 3.63) is 139 Å². The number of phenolic OH excluding ortho intramolecular Hbond substituents is 1. The van der Waals surface area contributed by atoms with E-state index >= 15 is 0 Å². The number of hydrogen-bond acceptors (Lipinski definition) is 4. The molecule has 0 atom stereocenters. The lowest BCUT2D eigenvalue weighted by Crippen LogP contribution is -1.95. The molecule has 0 fully saturated rings. The van der Waals surface area contributed by atoms with Gasteiger partial charge in [0.25, 0.3) is 0 Å². The Morgan fingerprint density at radius 2 is 1.27 bits per heavy atom. The molecule has 0 aliphatic heterocycles. The van der Waals surface area contributed by atoms with Crippen LogP contribution in [0.4, 0.5) is 0 Å². The summed E-state index contributed by atoms with van der Waals surface area (Å²) >= 11 is 1.63. The van der Waals surface area contributed by atoms with Gasteiger partial charge in [-0.1, -0.05) is 78.5 Å². The zero-order chi connectivity index (χ0) is 27.5. The minimum atomic E-state index is 0.212. The molecule has 0 amide bonds. The maximum absolute atomic E-state index is 10.7. The number of nitrogens with zero attached hydrogens (tertiary/aromatic N) is 2. The van der Waals surface area contributed by atoms with Crippen LogP contribution >= 0.6 is 11.8 Å². The normalized spacial score (nSPS) is 10.9. The van der Waals surface area contributed by atoms with Gasteiger partial charge in [-0.2, -0.15) is 0 Å². The third kappa shape index (κ3) is 5.40. The fourth-order valence-electron chi connectivity index (χ4n) is 5.05. The second kappa shape index (κ2) is 11.2. The minimum Gasteiger partial charge on any atom is -0.507 e. The molecule has 0 aliphatic rings. The van der Waals surface area contributed by atoms with Crippen molar-refractivity contribution in [3.63, 3.8) is 0 Å². The van der Waals surface area contributed by atoms with Crippen LogP contribution in [0.3, 0.4) is 0 Å². The Morgan fingerprint density at radius 3 is 2.02 bits per heavy atom. The number of aromatic nitrogens is 2. The molecule has 4 heteroatoms. The SMILES string of the molecule is Cc1cccc(C)c1-c1cc(-c2cc(Sc3ccccn3)cc(-c3ccccc3)c2)nc(-c2ccccc2O)c1. The average Bonchev–Trinajstić information content (AvgIpc) is 2.98. The van der Waals surface area contributed by atoms with Crippen molar-refractivity contribution in [3.8, 4) is 50.5 Å². The number of aromatic hydroxyl groups is 1. The molecule has 40 heavy (non-hydrogen) atoms. The van der Waals surface area contributed by atoms with E-state index in [9.17, 15) is 5.11 Å². The van der Waals surface area contributed by atoms with Crippen molar-refractivity contribution in [2.75, 3.05) is 0 Å². The summed E-state index contributed by atoms with van der Waals surface area (Å²) in [6, 6.07) is 40.9. The third-order valence-electron chi connectivity index (χ3n) is 6.94. The zero-order valence-electron chi connectivity index (χ0n) is 22.4. The second-order valence-electron chi connectivity index (χ2n) is 9.79. The molecule has 2 aromatic heterocycles. The van der Waals surface area contributed by atoms with Crippen molar-refractivity contribution in [2.45, 2.75) is 23.8 Å². The van der Waals surface area contributed by atoms with Crippen LogP contribution in [0, 0.1) is 13.8 Å². The van der Waals surface area contributed by atoms with Crippen LogP contribution in [0.2, 0.25) is 0 Å². The zero-order valence-corrected chi connectivity index (χ0v) is 23.2. The number of pyridine rings is 2. The largest absolute Gasteiger partial charge is 0.507 e. The van der Waals surface area contributed by atoms with E-state index in [0.717, 1.165) is 43.6 Å². The van der Waals surface area contributed by atoms with Crippen LogP contribution in [0.15, 0.2) is 137 Å². The van der Waals surface area contributed by atoms with E-state index in [1.54, 1.807) is 17.8 Å². The number of benzene rings is 4. The molecule has 0 saturated carbocycles.